The Kier molecular flexibility index (Phi) is 4.74. The first kappa shape index (κ1) is 17.1. The van der Waals surface area contributed by atoms with Gasteiger partial charge in [-0.15, -0.1) is 6.58 Å². The number of hydrogen-bond donors (Lipinski definition) is 0. The summed E-state index contributed by atoms with van der Waals surface area (Å²) in [6.07, 6.45) is 2.74. The van der Waals surface area contributed by atoms with E-state index in [0.29, 0.717) is 0 Å². The topological polar surface area (TPSA) is 27.7 Å². The maximum atomic E-state index is 6.16. The molecular formula is C18H27BO3. The molecule has 22 heavy (non-hydrogen) atoms. The van der Waals surface area contributed by atoms with E-state index in [4.69, 9.17) is 14.0 Å². The monoisotopic (exact) mass is 302 g/mol. The van der Waals surface area contributed by atoms with Gasteiger partial charge in [-0.05, 0) is 47.6 Å². The van der Waals surface area contributed by atoms with Crippen molar-refractivity contribution >= 4 is 12.6 Å². The lowest BCUT2D eigenvalue weighted by molar-refractivity contribution is 0.00578. The number of aryl methyl sites for hydroxylation is 1. The van der Waals surface area contributed by atoms with E-state index in [-0.39, 0.29) is 17.3 Å². The van der Waals surface area contributed by atoms with Gasteiger partial charge in [0.05, 0.1) is 17.3 Å². The van der Waals surface area contributed by atoms with Gasteiger partial charge in [-0.2, -0.15) is 0 Å². The SMILES string of the molecule is C=CCC(C)Oc1ccc(C)cc1B1OC(C)(C)C(C)(C)O1. The molecule has 1 atom stereocenters. The molecule has 0 bridgehead atoms. The number of rotatable bonds is 5. The summed E-state index contributed by atoms with van der Waals surface area (Å²) in [5, 5.41) is 0. The van der Waals surface area contributed by atoms with E-state index in [2.05, 4.69) is 47.3 Å². The maximum Gasteiger partial charge on any atom is 0.498 e. The quantitative estimate of drug-likeness (QED) is 0.614. The number of benzene rings is 1. The van der Waals surface area contributed by atoms with Crippen LogP contribution in [0.15, 0.2) is 30.9 Å². The molecule has 120 valence electrons. The summed E-state index contributed by atoms with van der Waals surface area (Å²) in [4.78, 5) is 0. The zero-order valence-corrected chi connectivity index (χ0v) is 14.6. The van der Waals surface area contributed by atoms with Crippen LogP contribution in [0.5, 0.6) is 5.75 Å². The molecule has 2 rings (SSSR count). The van der Waals surface area contributed by atoms with Crippen molar-refractivity contribution in [3.8, 4) is 5.75 Å². The molecule has 0 aromatic heterocycles. The average Bonchev–Trinajstić information content (AvgIpc) is 2.61. The Hall–Kier alpha value is -1.26. The molecule has 0 saturated carbocycles. The van der Waals surface area contributed by atoms with Gasteiger partial charge in [0.2, 0.25) is 0 Å². The van der Waals surface area contributed by atoms with E-state index in [1.54, 1.807) is 0 Å². The molecule has 1 fully saturated rings. The minimum absolute atomic E-state index is 0.0707. The predicted molar refractivity (Wildman–Crippen MR) is 91.8 cm³/mol. The summed E-state index contributed by atoms with van der Waals surface area (Å²) in [6.45, 7) is 16.1. The fourth-order valence-corrected chi connectivity index (χ4v) is 2.43. The van der Waals surface area contributed by atoms with E-state index in [1.807, 2.05) is 25.1 Å². The Labute approximate surface area is 134 Å². The normalized spacial score (nSPS) is 20.7. The van der Waals surface area contributed by atoms with E-state index in [1.165, 1.54) is 0 Å². The highest BCUT2D eigenvalue weighted by molar-refractivity contribution is 6.63. The molecule has 0 radical (unpaired) electrons. The Morgan fingerprint density at radius 2 is 1.82 bits per heavy atom. The second-order valence-corrected chi connectivity index (χ2v) is 7.08. The largest absolute Gasteiger partial charge is 0.498 e. The third kappa shape index (κ3) is 3.39. The second-order valence-electron chi connectivity index (χ2n) is 7.08. The molecule has 1 unspecified atom stereocenters. The van der Waals surface area contributed by atoms with Crippen molar-refractivity contribution in [3.05, 3.63) is 36.4 Å². The first-order chi connectivity index (χ1) is 10.2. The van der Waals surface area contributed by atoms with Crippen LogP contribution in [-0.2, 0) is 9.31 Å². The minimum atomic E-state index is -0.407. The van der Waals surface area contributed by atoms with E-state index < -0.39 is 7.12 Å². The lowest BCUT2D eigenvalue weighted by atomic mass is 9.77. The highest BCUT2D eigenvalue weighted by atomic mass is 16.7. The Morgan fingerprint density at radius 3 is 2.36 bits per heavy atom. The molecule has 1 aromatic carbocycles. The summed E-state index contributed by atoms with van der Waals surface area (Å²) in [7, 11) is -0.407. The Morgan fingerprint density at radius 1 is 1.23 bits per heavy atom. The van der Waals surface area contributed by atoms with Crippen LogP contribution in [-0.4, -0.2) is 24.4 Å². The van der Waals surface area contributed by atoms with Crippen LogP contribution >= 0.6 is 0 Å². The summed E-state index contributed by atoms with van der Waals surface area (Å²) in [6, 6.07) is 6.12. The van der Waals surface area contributed by atoms with Gasteiger partial charge in [0.25, 0.3) is 0 Å². The lowest BCUT2D eigenvalue weighted by Gasteiger charge is -2.32. The fourth-order valence-electron chi connectivity index (χ4n) is 2.43. The van der Waals surface area contributed by atoms with E-state index in [0.717, 1.165) is 23.2 Å². The Balaban J connectivity index is 2.31. The van der Waals surface area contributed by atoms with Crippen LogP contribution < -0.4 is 10.2 Å². The Bertz CT molecular complexity index is 535. The molecule has 1 aliphatic heterocycles. The van der Waals surface area contributed by atoms with Gasteiger partial charge in [0.15, 0.2) is 0 Å². The minimum Gasteiger partial charge on any atom is -0.491 e. The van der Waals surface area contributed by atoms with Gasteiger partial charge in [-0.25, -0.2) is 0 Å². The first-order valence-electron chi connectivity index (χ1n) is 7.90. The summed E-state index contributed by atoms with van der Waals surface area (Å²) >= 11 is 0. The lowest BCUT2D eigenvalue weighted by Crippen LogP contribution is -2.41. The van der Waals surface area contributed by atoms with Crippen molar-refractivity contribution in [2.24, 2.45) is 0 Å². The standard InChI is InChI=1S/C18H27BO3/c1-8-9-14(3)20-16-11-10-13(2)12-15(16)19-21-17(4,5)18(6,7)22-19/h8,10-12,14H,1,9H2,2-7H3. The van der Waals surface area contributed by atoms with Crippen molar-refractivity contribution in [1.82, 2.24) is 0 Å². The van der Waals surface area contributed by atoms with E-state index in [9.17, 15) is 0 Å². The van der Waals surface area contributed by atoms with Gasteiger partial charge in [-0.3, -0.25) is 0 Å². The van der Waals surface area contributed by atoms with E-state index >= 15 is 0 Å². The molecule has 0 amide bonds. The maximum absolute atomic E-state index is 6.16. The van der Waals surface area contributed by atoms with Crippen molar-refractivity contribution in [3.63, 3.8) is 0 Å². The van der Waals surface area contributed by atoms with Gasteiger partial charge < -0.3 is 14.0 Å². The molecule has 0 aliphatic carbocycles. The number of hydrogen-bond acceptors (Lipinski definition) is 3. The smallest absolute Gasteiger partial charge is 0.491 e. The molecule has 0 N–H and O–H groups in total. The van der Waals surface area contributed by atoms with Gasteiger partial charge in [-0.1, -0.05) is 23.8 Å². The highest BCUT2D eigenvalue weighted by Gasteiger charge is 2.52. The molecule has 1 heterocycles. The molecule has 0 spiro atoms. The molecule has 4 heteroatoms. The summed E-state index contributed by atoms with van der Waals surface area (Å²) in [5.41, 5.74) is 1.40. The highest BCUT2D eigenvalue weighted by Crippen LogP contribution is 2.37. The molecule has 1 aromatic rings. The summed E-state index contributed by atoms with van der Waals surface area (Å²) in [5.74, 6) is 0.818. The van der Waals surface area contributed by atoms with Crippen LogP contribution in [0.3, 0.4) is 0 Å². The van der Waals surface area contributed by atoms with Gasteiger partial charge in [0, 0.05) is 11.9 Å². The van der Waals surface area contributed by atoms with Crippen molar-refractivity contribution < 1.29 is 14.0 Å². The third-order valence-electron chi connectivity index (χ3n) is 4.50. The molecule has 3 nitrogen and oxygen atoms in total. The molecule has 1 saturated heterocycles. The van der Waals surface area contributed by atoms with Gasteiger partial charge >= 0.3 is 7.12 Å². The second kappa shape index (κ2) is 6.09. The average molecular weight is 302 g/mol. The first-order valence-corrected chi connectivity index (χ1v) is 7.90. The molecule has 1 aliphatic rings. The number of ether oxygens (including phenoxy) is 1. The van der Waals surface area contributed by atoms with Crippen LogP contribution in [0.2, 0.25) is 0 Å². The predicted octanol–water partition coefficient (Wildman–Crippen LogP) is 3.64. The van der Waals surface area contributed by atoms with Crippen LogP contribution in [0.1, 0.15) is 46.6 Å². The van der Waals surface area contributed by atoms with Gasteiger partial charge in [0.1, 0.15) is 5.75 Å². The zero-order valence-electron chi connectivity index (χ0n) is 14.6. The molecular weight excluding hydrogens is 275 g/mol. The third-order valence-corrected chi connectivity index (χ3v) is 4.50. The van der Waals surface area contributed by atoms with Crippen LogP contribution in [0, 0.1) is 6.92 Å². The van der Waals surface area contributed by atoms with Crippen LogP contribution in [0.25, 0.3) is 0 Å². The fraction of sp³-hybridized carbons (Fsp3) is 0.556. The zero-order chi connectivity index (χ0) is 16.5. The van der Waals surface area contributed by atoms with Crippen molar-refractivity contribution in [2.45, 2.75) is 65.3 Å². The summed E-state index contributed by atoms with van der Waals surface area (Å²) < 4.78 is 18.4. The van der Waals surface area contributed by atoms with Crippen molar-refractivity contribution in [1.29, 1.82) is 0 Å². The van der Waals surface area contributed by atoms with Crippen LogP contribution in [0.4, 0.5) is 0 Å². The van der Waals surface area contributed by atoms with Crippen molar-refractivity contribution in [2.75, 3.05) is 0 Å².